The van der Waals surface area contributed by atoms with Crippen LogP contribution in [0.1, 0.15) is 41.0 Å². The second-order valence-corrected chi connectivity index (χ2v) is 6.01. The van der Waals surface area contributed by atoms with E-state index in [2.05, 4.69) is 20.3 Å². The van der Waals surface area contributed by atoms with Gasteiger partial charge in [0.1, 0.15) is 6.10 Å². The Balaban J connectivity index is 1.44. The smallest absolute Gasteiger partial charge is 0.255 e. The molecule has 0 aliphatic carbocycles. The normalized spacial score (nSPS) is 27.0. The Morgan fingerprint density at radius 3 is 3.04 bits per heavy atom. The highest BCUT2D eigenvalue weighted by molar-refractivity contribution is 5.93. The summed E-state index contributed by atoms with van der Waals surface area (Å²) in [5.41, 5.74) is 0.556. The maximum Gasteiger partial charge on any atom is 0.255 e. The third-order valence-corrected chi connectivity index (χ3v) is 4.49. The Labute approximate surface area is 132 Å². The molecular weight excluding hydrogens is 298 g/mol. The molecule has 2 fully saturated rings. The van der Waals surface area contributed by atoms with Crippen molar-refractivity contribution < 1.29 is 14.1 Å². The fraction of sp³-hybridized carbons (Fsp3) is 0.533. The quantitative estimate of drug-likeness (QED) is 0.820. The second-order valence-electron chi connectivity index (χ2n) is 6.01. The van der Waals surface area contributed by atoms with E-state index in [-0.39, 0.29) is 18.1 Å². The zero-order valence-electron chi connectivity index (χ0n) is 12.8. The molecule has 2 aromatic heterocycles. The fourth-order valence-electron chi connectivity index (χ4n) is 3.32. The molecule has 0 N–H and O–H groups in total. The summed E-state index contributed by atoms with van der Waals surface area (Å²) in [5.74, 6) is 1.54. The summed E-state index contributed by atoms with van der Waals surface area (Å²) in [6.07, 6.45) is 4.65. The third-order valence-electron chi connectivity index (χ3n) is 4.49. The van der Waals surface area contributed by atoms with Crippen molar-refractivity contribution in [1.82, 2.24) is 25.2 Å². The molecule has 0 radical (unpaired) electrons. The average Bonchev–Trinajstić information content (AvgIpc) is 3.20. The summed E-state index contributed by atoms with van der Waals surface area (Å²) >= 11 is 0. The van der Waals surface area contributed by atoms with E-state index in [1.165, 1.54) is 12.4 Å². The Morgan fingerprint density at radius 2 is 2.30 bits per heavy atom. The predicted molar refractivity (Wildman–Crippen MR) is 77.3 cm³/mol. The lowest BCUT2D eigenvalue weighted by Crippen LogP contribution is -2.45. The Bertz CT molecular complexity index is 704. The fourth-order valence-corrected chi connectivity index (χ4v) is 3.32. The molecule has 2 aliphatic heterocycles. The lowest BCUT2D eigenvalue weighted by molar-refractivity contribution is -0.0137. The van der Waals surface area contributed by atoms with Crippen LogP contribution in [-0.4, -0.2) is 50.3 Å². The predicted octanol–water partition coefficient (Wildman–Crippen LogP) is 1.16. The molecule has 4 rings (SSSR count). The van der Waals surface area contributed by atoms with E-state index >= 15 is 0 Å². The minimum absolute atomic E-state index is 0.0136. The molecule has 0 spiro atoms. The monoisotopic (exact) mass is 315 g/mol. The minimum atomic E-state index is -0.163. The number of hydrogen-bond donors (Lipinski definition) is 0. The number of nitrogens with zero attached hydrogens (tertiary/aromatic N) is 5. The molecule has 0 unspecified atom stereocenters. The first-order chi connectivity index (χ1) is 11.2. The molecule has 23 heavy (non-hydrogen) atoms. The highest BCUT2D eigenvalue weighted by Crippen LogP contribution is 2.40. The van der Waals surface area contributed by atoms with Crippen molar-refractivity contribution >= 4 is 5.91 Å². The molecule has 0 bridgehead atoms. The first-order valence-electron chi connectivity index (χ1n) is 7.72. The van der Waals surface area contributed by atoms with Crippen molar-refractivity contribution in [1.29, 1.82) is 0 Å². The van der Waals surface area contributed by atoms with Gasteiger partial charge in [0, 0.05) is 13.1 Å². The van der Waals surface area contributed by atoms with Crippen LogP contribution in [0.25, 0.3) is 0 Å². The molecule has 120 valence electrons. The highest BCUT2D eigenvalue weighted by Gasteiger charge is 2.42. The molecule has 4 heterocycles. The van der Waals surface area contributed by atoms with Crippen LogP contribution in [0, 0.1) is 12.8 Å². The van der Waals surface area contributed by atoms with E-state index < -0.39 is 0 Å². The molecule has 8 heteroatoms. The average molecular weight is 315 g/mol. The molecule has 0 saturated carbocycles. The van der Waals surface area contributed by atoms with Crippen LogP contribution in [0.2, 0.25) is 0 Å². The van der Waals surface area contributed by atoms with Gasteiger partial charge in [-0.25, -0.2) is 0 Å². The van der Waals surface area contributed by atoms with Gasteiger partial charge in [0.25, 0.3) is 11.8 Å². The number of likely N-dealkylation sites (tertiary alicyclic amines) is 1. The van der Waals surface area contributed by atoms with Crippen LogP contribution in [0.4, 0.5) is 0 Å². The maximum absolute atomic E-state index is 12.5. The molecule has 2 saturated heterocycles. The van der Waals surface area contributed by atoms with Gasteiger partial charge < -0.3 is 14.2 Å². The van der Waals surface area contributed by atoms with Gasteiger partial charge in [-0.05, 0) is 31.7 Å². The van der Waals surface area contributed by atoms with E-state index in [4.69, 9.17) is 9.26 Å². The van der Waals surface area contributed by atoms with E-state index in [1.54, 1.807) is 13.0 Å². The maximum atomic E-state index is 12.5. The highest BCUT2D eigenvalue weighted by atomic mass is 16.5. The summed E-state index contributed by atoms with van der Waals surface area (Å²) in [6, 6.07) is 1.68. The molecule has 3 atom stereocenters. The van der Waals surface area contributed by atoms with Gasteiger partial charge in [-0.1, -0.05) is 5.16 Å². The molecule has 2 aromatic rings. The van der Waals surface area contributed by atoms with Crippen molar-refractivity contribution in [2.45, 2.75) is 32.0 Å². The van der Waals surface area contributed by atoms with Gasteiger partial charge in [0.2, 0.25) is 0 Å². The van der Waals surface area contributed by atoms with Gasteiger partial charge >= 0.3 is 0 Å². The van der Waals surface area contributed by atoms with Crippen molar-refractivity contribution in [2.24, 2.45) is 5.92 Å². The van der Waals surface area contributed by atoms with Crippen molar-refractivity contribution in [3.05, 3.63) is 35.7 Å². The second kappa shape index (κ2) is 5.69. The van der Waals surface area contributed by atoms with Crippen LogP contribution in [0.15, 0.2) is 23.0 Å². The van der Waals surface area contributed by atoms with Gasteiger partial charge in [-0.3, -0.25) is 4.79 Å². The summed E-state index contributed by atoms with van der Waals surface area (Å²) in [4.78, 5) is 18.6. The molecule has 1 amide bonds. The number of fused-ring (bicyclic) bond motifs is 1. The van der Waals surface area contributed by atoms with Crippen LogP contribution in [0.5, 0.6) is 0 Å². The third kappa shape index (κ3) is 2.70. The van der Waals surface area contributed by atoms with Crippen LogP contribution >= 0.6 is 0 Å². The van der Waals surface area contributed by atoms with Crippen LogP contribution in [-0.2, 0) is 4.74 Å². The van der Waals surface area contributed by atoms with E-state index in [9.17, 15) is 4.79 Å². The lowest BCUT2D eigenvalue weighted by atomic mass is 9.91. The van der Waals surface area contributed by atoms with Gasteiger partial charge in [0.15, 0.2) is 5.82 Å². The summed E-state index contributed by atoms with van der Waals surface area (Å²) in [6.45, 7) is 3.09. The number of aryl methyl sites for hydroxylation is 1. The summed E-state index contributed by atoms with van der Waals surface area (Å²) in [5, 5.41) is 11.3. The molecule has 8 nitrogen and oxygen atoms in total. The van der Waals surface area contributed by atoms with Gasteiger partial charge in [-0.2, -0.15) is 15.2 Å². The number of carbonyl (C=O) groups excluding carboxylic acids is 1. The zero-order valence-corrected chi connectivity index (χ0v) is 12.8. The van der Waals surface area contributed by atoms with E-state index in [1.807, 2.05) is 4.90 Å². The van der Waals surface area contributed by atoms with Crippen molar-refractivity contribution in [3.8, 4) is 0 Å². The number of ether oxygens (including phenoxy) is 1. The summed E-state index contributed by atoms with van der Waals surface area (Å²) in [7, 11) is 0. The largest absolute Gasteiger partial charge is 0.363 e. The number of piperidine rings is 1. The SMILES string of the molecule is Cc1noc([C@H]2C[C@@H]3CCN(C(=O)c4ccnnc4)C[C@H]3O2)n1. The van der Waals surface area contributed by atoms with Gasteiger partial charge in [0.05, 0.1) is 24.1 Å². The minimum Gasteiger partial charge on any atom is -0.363 e. The first kappa shape index (κ1) is 14.3. The number of amides is 1. The van der Waals surface area contributed by atoms with E-state index in [0.717, 1.165) is 19.4 Å². The zero-order chi connectivity index (χ0) is 15.8. The van der Waals surface area contributed by atoms with E-state index in [0.29, 0.717) is 29.7 Å². The number of carbonyl (C=O) groups is 1. The standard InChI is InChI=1S/C15H17N5O3/c1-9-18-14(23-19-9)12-6-10-3-5-20(8-13(10)22-12)15(21)11-2-4-16-17-7-11/h2,4,7,10,12-13H,3,5-6,8H2,1H3/t10-,12+,13+/m0/s1. The van der Waals surface area contributed by atoms with Crippen LogP contribution < -0.4 is 0 Å². The van der Waals surface area contributed by atoms with Crippen LogP contribution in [0.3, 0.4) is 0 Å². The topological polar surface area (TPSA) is 94.2 Å². The first-order valence-corrected chi connectivity index (χ1v) is 7.72. The number of hydrogen-bond acceptors (Lipinski definition) is 7. The molecule has 2 aliphatic rings. The van der Waals surface area contributed by atoms with Gasteiger partial charge in [-0.15, -0.1) is 0 Å². The van der Waals surface area contributed by atoms with Crippen molar-refractivity contribution in [3.63, 3.8) is 0 Å². The number of aromatic nitrogens is 4. The lowest BCUT2D eigenvalue weighted by Gasteiger charge is -2.34. The Kier molecular flexibility index (Phi) is 3.53. The Morgan fingerprint density at radius 1 is 1.39 bits per heavy atom. The number of rotatable bonds is 2. The molecular formula is C15H17N5O3. The summed E-state index contributed by atoms with van der Waals surface area (Å²) < 4.78 is 11.3. The Hall–Kier alpha value is -2.35. The van der Waals surface area contributed by atoms with Crippen molar-refractivity contribution in [2.75, 3.05) is 13.1 Å². The molecule has 0 aromatic carbocycles.